The molecule has 1 amide bonds. The van der Waals surface area contributed by atoms with Gasteiger partial charge in [0.05, 0.1) is 15.7 Å². The predicted molar refractivity (Wildman–Crippen MR) is 100 cm³/mol. The fraction of sp³-hybridized carbons (Fsp3) is 0.0556. The molecule has 0 saturated carbocycles. The maximum atomic E-state index is 12.4. The summed E-state index contributed by atoms with van der Waals surface area (Å²) >= 11 is 13.5. The van der Waals surface area contributed by atoms with Gasteiger partial charge in [-0.3, -0.25) is 4.79 Å². The van der Waals surface area contributed by atoms with Gasteiger partial charge in [-0.15, -0.1) is 11.8 Å². The molecule has 3 nitrogen and oxygen atoms in total. The number of rotatable bonds is 4. The summed E-state index contributed by atoms with van der Waals surface area (Å²) < 4.78 is 5.65. The van der Waals surface area contributed by atoms with Gasteiger partial charge in [-0.05, 0) is 48.7 Å². The largest absolute Gasteiger partial charge is 0.451 e. The molecule has 1 aromatic heterocycles. The predicted octanol–water partition coefficient (Wildman–Crippen LogP) is 6.23. The summed E-state index contributed by atoms with van der Waals surface area (Å²) in [4.78, 5) is 13.4. The molecule has 0 radical (unpaired) electrons. The number of para-hydroxylation sites is 1. The SMILES string of the molecule is CSc1ccccc1NC(=O)c1ccc(-c2ccc(Cl)c(Cl)c2)o1. The molecular weight excluding hydrogens is 365 g/mol. The third kappa shape index (κ3) is 3.61. The second-order valence-electron chi connectivity index (χ2n) is 4.95. The lowest BCUT2D eigenvalue weighted by molar-refractivity contribution is 0.0997. The van der Waals surface area contributed by atoms with Crippen LogP contribution in [0, 0.1) is 0 Å². The first-order chi connectivity index (χ1) is 11.6. The highest BCUT2D eigenvalue weighted by Crippen LogP contribution is 2.30. The maximum absolute atomic E-state index is 12.4. The van der Waals surface area contributed by atoms with E-state index in [-0.39, 0.29) is 11.7 Å². The molecule has 0 aliphatic carbocycles. The van der Waals surface area contributed by atoms with Crippen molar-refractivity contribution in [3.63, 3.8) is 0 Å². The zero-order valence-corrected chi connectivity index (χ0v) is 15.0. The highest BCUT2D eigenvalue weighted by Gasteiger charge is 2.14. The summed E-state index contributed by atoms with van der Waals surface area (Å²) in [6.07, 6.45) is 1.96. The lowest BCUT2D eigenvalue weighted by Gasteiger charge is -2.07. The normalized spacial score (nSPS) is 10.6. The van der Waals surface area contributed by atoms with Crippen LogP contribution in [-0.4, -0.2) is 12.2 Å². The lowest BCUT2D eigenvalue weighted by atomic mass is 10.2. The molecule has 6 heteroatoms. The van der Waals surface area contributed by atoms with Gasteiger partial charge in [0.2, 0.25) is 0 Å². The molecule has 24 heavy (non-hydrogen) atoms. The third-order valence-electron chi connectivity index (χ3n) is 3.39. The van der Waals surface area contributed by atoms with Gasteiger partial charge in [-0.25, -0.2) is 0 Å². The van der Waals surface area contributed by atoms with Gasteiger partial charge in [-0.2, -0.15) is 0 Å². The zero-order valence-electron chi connectivity index (χ0n) is 12.7. The van der Waals surface area contributed by atoms with E-state index in [0.29, 0.717) is 15.8 Å². The van der Waals surface area contributed by atoms with Crippen molar-refractivity contribution in [3.8, 4) is 11.3 Å². The number of anilines is 1. The average molecular weight is 378 g/mol. The van der Waals surface area contributed by atoms with E-state index in [9.17, 15) is 4.79 Å². The molecule has 3 rings (SSSR count). The Kier molecular flexibility index (Phi) is 5.19. The lowest BCUT2D eigenvalue weighted by Crippen LogP contribution is -2.11. The fourth-order valence-corrected chi connectivity index (χ4v) is 3.05. The van der Waals surface area contributed by atoms with E-state index >= 15 is 0 Å². The summed E-state index contributed by atoms with van der Waals surface area (Å²) in [5.41, 5.74) is 1.51. The van der Waals surface area contributed by atoms with E-state index in [2.05, 4.69) is 5.32 Å². The molecule has 0 atom stereocenters. The monoisotopic (exact) mass is 377 g/mol. The Hall–Kier alpha value is -1.88. The second-order valence-corrected chi connectivity index (χ2v) is 6.61. The summed E-state index contributed by atoms with van der Waals surface area (Å²) in [7, 11) is 0. The van der Waals surface area contributed by atoms with Crippen LogP contribution in [0.4, 0.5) is 5.69 Å². The van der Waals surface area contributed by atoms with Crippen molar-refractivity contribution in [1.29, 1.82) is 0 Å². The minimum atomic E-state index is -0.303. The average Bonchev–Trinajstić information content (AvgIpc) is 3.08. The van der Waals surface area contributed by atoms with E-state index in [1.807, 2.05) is 30.5 Å². The van der Waals surface area contributed by atoms with Crippen molar-refractivity contribution in [1.82, 2.24) is 0 Å². The summed E-state index contributed by atoms with van der Waals surface area (Å²) in [5, 5.41) is 3.77. The Balaban J connectivity index is 1.82. The van der Waals surface area contributed by atoms with Crippen LogP contribution in [0.2, 0.25) is 10.0 Å². The number of nitrogens with one attached hydrogen (secondary N) is 1. The molecule has 1 N–H and O–H groups in total. The molecule has 2 aromatic carbocycles. The second kappa shape index (κ2) is 7.34. The standard InChI is InChI=1S/C18H13Cl2NO2S/c1-24-17-5-3-2-4-14(17)21-18(22)16-9-8-15(23-16)11-6-7-12(19)13(20)10-11/h2-10H,1H3,(H,21,22). The number of furan rings is 1. The van der Waals surface area contributed by atoms with Gasteiger partial charge < -0.3 is 9.73 Å². The first-order valence-electron chi connectivity index (χ1n) is 7.08. The Bertz CT molecular complexity index is 892. The Morgan fingerprint density at radius 3 is 2.58 bits per heavy atom. The molecule has 0 unspecified atom stereocenters. The van der Waals surface area contributed by atoms with Crippen molar-refractivity contribution < 1.29 is 9.21 Å². The molecule has 0 aliphatic heterocycles. The van der Waals surface area contributed by atoms with E-state index in [0.717, 1.165) is 16.1 Å². The van der Waals surface area contributed by atoms with Gasteiger partial charge in [0, 0.05) is 10.5 Å². The van der Waals surface area contributed by atoms with Crippen LogP contribution in [-0.2, 0) is 0 Å². The highest BCUT2D eigenvalue weighted by atomic mass is 35.5. The van der Waals surface area contributed by atoms with Crippen molar-refractivity contribution >= 4 is 46.6 Å². The number of hydrogen-bond acceptors (Lipinski definition) is 3. The molecule has 0 fully saturated rings. The number of thioether (sulfide) groups is 1. The van der Waals surface area contributed by atoms with Crippen molar-refractivity contribution in [3.05, 3.63) is 70.4 Å². The molecular formula is C18H13Cl2NO2S. The van der Waals surface area contributed by atoms with Gasteiger partial charge >= 0.3 is 0 Å². The van der Waals surface area contributed by atoms with Crippen molar-refractivity contribution in [2.75, 3.05) is 11.6 Å². The summed E-state index contributed by atoms with van der Waals surface area (Å²) in [6.45, 7) is 0. The summed E-state index contributed by atoms with van der Waals surface area (Å²) in [6, 6.07) is 16.1. The number of benzene rings is 2. The first kappa shape index (κ1) is 17.0. The molecule has 122 valence electrons. The topological polar surface area (TPSA) is 42.2 Å². The number of carbonyl (C=O) groups excluding carboxylic acids is 1. The summed E-state index contributed by atoms with van der Waals surface area (Å²) in [5.74, 6) is 0.478. The van der Waals surface area contributed by atoms with Crippen molar-refractivity contribution in [2.45, 2.75) is 4.90 Å². The van der Waals surface area contributed by atoms with E-state index in [1.54, 1.807) is 42.1 Å². The molecule has 0 spiro atoms. The first-order valence-corrected chi connectivity index (χ1v) is 9.06. The van der Waals surface area contributed by atoms with E-state index in [1.165, 1.54) is 0 Å². The van der Waals surface area contributed by atoms with Crippen LogP contribution in [0.5, 0.6) is 0 Å². The molecule has 0 aliphatic rings. The van der Waals surface area contributed by atoms with Crippen LogP contribution in [0.15, 0.2) is 63.9 Å². The fourth-order valence-electron chi connectivity index (χ4n) is 2.20. The van der Waals surface area contributed by atoms with Crippen LogP contribution >= 0.6 is 35.0 Å². The van der Waals surface area contributed by atoms with Crippen LogP contribution in [0.3, 0.4) is 0 Å². The molecule has 0 saturated heterocycles. The number of amides is 1. The van der Waals surface area contributed by atoms with Crippen LogP contribution in [0.1, 0.15) is 10.6 Å². The molecule has 1 heterocycles. The molecule has 3 aromatic rings. The smallest absolute Gasteiger partial charge is 0.291 e. The van der Waals surface area contributed by atoms with Gasteiger partial charge in [0.15, 0.2) is 5.76 Å². The minimum absolute atomic E-state index is 0.229. The van der Waals surface area contributed by atoms with Gasteiger partial charge in [0.1, 0.15) is 5.76 Å². The van der Waals surface area contributed by atoms with Crippen LogP contribution < -0.4 is 5.32 Å². The molecule has 0 bridgehead atoms. The number of carbonyl (C=O) groups is 1. The van der Waals surface area contributed by atoms with Gasteiger partial charge in [-0.1, -0.05) is 35.3 Å². The Morgan fingerprint density at radius 2 is 1.83 bits per heavy atom. The number of halogens is 2. The highest BCUT2D eigenvalue weighted by molar-refractivity contribution is 7.98. The minimum Gasteiger partial charge on any atom is -0.451 e. The Labute approximate surface area is 154 Å². The van der Waals surface area contributed by atoms with Crippen molar-refractivity contribution in [2.24, 2.45) is 0 Å². The quantitative estimate of drug-likeness (QED) is 0.548. The number of hydrogen-bond donors (Lipinski definition) is 1. The van der Waals surface area contributed by atoms with Gasteiger partial charge in [0.25, 0.3) is 5.91 Å². The Morgan fingerprint density at radius 1 is 1.04 bits per heavy atom. The van der Waals surface area contributed by atoms with E-state index in [4.69, 9.17) is 27.6 Å². The van der Waals surface area contributed by atoms with Crippen LogP contribution in [0.25, 0.3) is 11.3 Å². The zero-order chi connectivity index (χ0) is 17.1. The maximum Gasteiger partial charge on any atom is 0.291 e. The van der Waals surface area contributed by atoms with E-state index < -0.39 is 0 Å². The third-order valence-corrected chi connectivity index (χ3v) is 4.92.